The molecule has 158 valence electrons. The summed E-state index contributed by atoms with van der Waals surface area (Å²) in [4.78, 5) is 4.38. The quantitative estimate of drug-likeness (QED) is 0.325. The predicted octanol–water partition coefficient (Wildman–Crippen LogP) is 3.28. The molecular weight excluding hydrogens is 354 g/mol. The molecule has 0 aromatic heterocycles. The lowest BCUT2D eigenvalue weighted by molar-refractivity contribution is 0.0732. The van der Waals surface area contributed by atoms with E-state index in [1.165, 1.54) is 24.8 Å². The number of hydrogen-bond acceptors (Lipinski definition) is 4. The molecule has 1 aliphatic carbocycles. The van der Waals surface area contributed by atoms with Crippen molar-refractivity contribution < 1.29 is 14.2 Å². The van der Waals surface area contributed by atoms with Crippen molar-refractivity contribution in [2.24, 2.45) is 10.4 Å². The molecule has 1 fully saturated rings. The molecule has 0 atom stereocenters. The van der Waals surface area contributed by atoms with Crippen molar-refractivity contribution in [2.45, 2.75) is 46.1 Å². The zero-order chi connectivity index (χ0) is 20.2. The van der Waals surface area contributed by atoms with Crippen LogP contribution in [0.25, 0.3) is 0 Å². The first-order chi connectivity index (χ1) is 13.6. The van der Waals surface area contributed by atoms with Crippen molar-refractivity contribution in [1.29, 1.82) is 0 Å². The SMILES string of the molecule is CCOCCOc1cc(C)ccc1CNC(=NC)NCC1(CCOC)CCC1. The summed E-state index contributed by atoms with van der Waals surface area (Å²) in [7, 11) is 3.59. The molecule has 0 unspecified atom stereocenters. The lowest BCUT2D eigenvalue weighted by atomic mass is 9.67. The fourth-order valence-corrected chi connectivity index (χ4v) is 3.48. The number of nitrogens with one attached hydrogen (secondary N) is 2. The summed E-state index contributed by atoms with van der Waals surface area (Å²) in [5.74, 6) is 1.72. The van der Waals surface area contributed by atoms with Gasteiger partial charge in [-0.1, -0.05) is 18.6 Å². The molecule has 2 rings (SSSR count). The van der Waals surface area contributed by atoms with E-state index in [0.717, 1.165) is 36.8 Å². The Bertz CT molecular complexity index is 615. The highest BCUT2D eigenvalue weighted by molar-refractivity contribution is 5.79. The molecule has 1 saturated carbocycles. The van der Waals surface area contributed by atoms with Gasteiger partial charge in [-0.2, -0.15) is 0 Å². The summed E-state index contributed by atoms with van der Waals surface area (Å²) >= 11 is 0. The molecule has 0 radical (unpaired) electrons. The van der Waals surface area contributed by atoms with Crippen LogP contribution in [0.1, 0.15) is 43.7 Å². The second kappa shape index (κ2) is 11.9. The van der Waals surface area contributed by atoms with Crippen LogP contribution in [0.3, 0.4) is 0 Å². The molecule has 0 heterocycles. The molecule has 1 aliphatic rings. The van der Waals surface area contributed by atoms with Crippen LogP contribution in [0.4, 0.5) is 0 Å². The van der Waals surface area contributed by atoms with E-state index in [4.69, 9.17) is 14.2 Å². The smallest absolute Gasteiger partial charge is 0.191 e. The maximum Gasteiger partial charge on any atom is 0.191 e. The van der Waals surface area contributed by atoms with Crippen molar-refractivity contribution in [3.8, 4) is 5.75 Å². The highest BCUT2D eigenvalue weighted by Gasteiger charge is 2.36. The van der Waals surface area contributed by atoms with Crippen LogP contribution in [0.5, 0.6) is 5.75 Å². The largest absolute Gasteiger partial charge is 0.491 e. The van der Waals surface area contributed by atoms with Gasteiger partial charge < -0.3 is 24.8 Å². The second-order valence-electron chi connectivity index (χ2n) is 7.53. The van der Waals surface area contributed by atoms with Gasteiger partial charge in [0.15, 0.2) is 5.96 Å². The average Bonchev–Trinajstić information content (AvgIpc) is 2.67. The Morgan fingerprint density at radius 3 is 2.64 bits per heavy atom. The highest BCUT2D eigenvalue weighted by Crippen LogP contribution is 2.43. The lowest BCUT2D eigenvalue weighted by Gasteiger charge is -2.42. The van der Waals surface area contributed by atoms with Crippen molar-refractivity contribution in [2.75, 3.05) is 47.1 Å². The average molecular weight is 392 g/mol. The lowest BCUT2D eigenvalue weighted by Crippen LogP contribution is -2.46. The first kappa shape index (κ1) is 22.5. The summed E-state index contributed by atoms with van der Waals surface area (Å²) < 4.78 is 16.6. The van der Waals surface area contributed by atoms with E-state index in [0.29, 0.717) is 31.8 Å². The van der Waals surface area contributed by atoms with Gasteiger partial charge in [0.1, 0.15) is 12.4 Å². The molecule has 1 aromatic carbocycles. The number of guanidine groups is 1. The van der Waals surface area contributed by atoms with E-state index < -0.39 is 0 Å². The van der Waals surface area contributed by atoms with Crippen molar-refractivity contribution in [3.63, 3.8) is 0 Å². The van der Waals surface area contributed by atoms with Crippen molar-refractivity contribution in [3.05, 3.63) is 29.3 Å². The first-order valence-corrected chi connectivity index (χ1v) is 10.4. The molecule has 0 aliphatic heterocycles. The summed E-state index contributed by atoms with van der Waals surface area (Å²) in [5.41, 5.74) is 2.65. The van der Waals surface area contributed by atoms with Gasteiger partial charge in [-0.25, -0.2) is 0 Å². The Hall–Kier alpha value is -1.79. The maximum atomic E-state index is 5.93. The second-order valence-corrected chi connectivity index (χ2v) is 7.53. The minimum atomic E-state index is 0.352. The first-order valence-electron chi connectivity index (χ1n) is 10.4. The van der Waals surface area contributed by atoms with Gasteiger partial charge in [0.25, 0.3) is 0 Å². The Morgan fingerprint density at radius 1 is 1.18 bits per heavy atom. The fourth-order valence-electron chi connectivity index (χ4n) is 3.48. The van der Waals surface area contributed by atoms with E-state index in [1.54, 1.807) is 7.11 Å². The number of benzene rings is 1. The van der Waals surface area contributed by atoms with E-state index >= 15 is 0 Å². The van der Waals surface area contributed by atoms with Gasteiger partial charge in [-0.15, -0.1) is 0 Å². The Balaban J connectivity index is 1.87. The molecule has 6 nitrogen and oxygen atoms in total. The number of hydrogen-bond donors (Lipinski definition) is 2. The minimum absolute atomic E-state index is 0.352. The van der Waals surface area contributed by atoms with E-state index in [-0.39, 0.29) is 0 Å². The van der Waals surface area contributed by atoms with Crippen LogP contribution in [0.2, 0.25) is 0 Å². The number of aliphatic imine (C=N–C) groups is 1. The minimum Gasteiger partial charge on any atom is -0.491 e. The summed E-state index contributed by atoms with van der Waals surface area (Å²) in [5, 5.41) is 6.93. The van der Waals surface area contributed by atoms with Crippen molar-refractivity contribution in [1.82, 2.24) is 10.6 Å². The van der Waals surface area contributed by atoms with E-state index in [2.05, 4.69) is 40.7 Å². The molecule has 0 bridgehead atoms. The van der Waals surface area contributed by atoms with Crippen LogP contribution in [-0.4, -0.2) is 53.1 Å². The van der Waals surface area contributed by atoms with E-state index in [9.17, 15) is 0 Å². The van der Waals surface area contributed by atoms with Gasteiger partial charge in [0.2, 0.25) is 0 Å². The number of ether oxygens (including phenoxy) is 3. The number of nitrogens with zero attached hydrogens (tertiary/aromatic N) is 1. The summed E-state index contributed by atoms with van der Waals surface area (Å²) in [6, 6.07) is 6.29. The van der Waals surface area contributed by atoms with Gasteiger partial charge in [-0.05, 0) is 50.2 Å². The van der Waals surface area contributed by atoms with Gasteiger partial charge >= 0.3 is 0 Å². The topological polar surface area (TPSA) is 64.1 Å². The van der Waals surface area contributed by atoms with E-state index in [1.807, 2.05) is 14.0 Å². The standard InChI is InChI=1S/C22H37N3O3/c1-5-27-13-14-28-20-15-18(2)7-8-19(20)16-24-21(23-3)25-17-22(9-6-10-22)11-12-26-4/h7-8,15H,5-6,9-14,16-17H2,1-4H3,(H2,23,24,25). The highest BCUT2D eigenvalue weighted by atomic mass is 16.5. The van der Waals surface area contributed by atoms with Gasteiger partial charge in [0.05, 0.1) is 6.61 Å². The molecular formula is C22H37N3O3. The summed E-state index contributed by atoms with van der Waals surface area (Å²) in [6.45, 7) is 8.34. The van der Waals surface area contributed by atoms with Crippen LogP contribution in [-0.2, 0) is 16.0 Å². The summed E-state index contributed by atoms with van der Waals surface area (Å²) in [6.07, 6.45) is 4.93. The molecule has 0 saturated heterocycles. The van der Waals surface area contributed by atoms with Gasteiger partial charge in [-0.3, -0.25) is 4.99 Å². The monoisotopic (exact) mass is 391 g/mol. The molecule has 0 amide bonds. The third kappa shape index (κ3) is 6.99. The molecule has 1 aromatic rings. The third-order valence-corrected chi connectivity index (χ3v) is 5.46. The van der Waals surface area contributed by atoms with Crippen molar-refractivity contribution >= 4 is 5.96 Å². The molecule has 0 spiro atoms. The zero-order valence-electron chi connectivity index (χ0n) is 18.0. The van der Waals surface area contributed by atoms with Crippen LogP contribution < -0.4 is 15.4 Å². The number of rotatable bonds is 12. The zero-order valence-corrected chi connectivity index (χ0v) is 18.0. The molecule has 28 heavy (non-hydrogen) atoms. The maximum absolute atomic E-state index is 5.93. The van der Waals surface area contributed by atoms with Crippen LogP contribution in [0.15, 0.2) is 23.2 Å². The van der Waals surface area contributed by atoms with Gasteiger partial charge in [0, 0.05) is 46.0 Å². The molecule has 2 N–H and O–H groups in total. The number of methoxy groups -OCH3 is 1. The normalized spacial score (nSPS) is 15.8. The third-order valence-electron chi connectivity index (χ3n) is 5.46. The molecule has 6 heteroatoms. The van der Waals surface area contributed by atoms with Crippen LogP contribution in [0, 0.1) is 12.3 Å². The van der Waals surface area contributed by atoms with Crippen LogP contribution >= 0.6 is 0 Å². The Morgan fingerprint density at radius 2 is 2.00 bits per heavy atom. The predicted molar refractivity (Wildman–Crippen MR) is 114 cm³/mol. The number of aryl methyl sites for hydroxylation is 1. The Labute approximate surface area is 170 Å². The Kier molecular flexibility index (Phi) is 9.58. The fraction of sp³-hybridized carbons (Fsp3) is 0.682.